The first-order chi connectivity index (χ1) is 17.0. The summed E-state index contributed by atoms with van der Waals surface area (Å²) in [6, 6.07) is 9.20. The fraction of sp³-hybridized carbons (Fsp3) is 0.240. The smallest absolute Gasteiger partial charge is 0.334 e. The fourth-order valence-electron chi connectivity index (χ4n) is 4.50. The molecule has 3 aromatic rings. The molecule has 1 aromatic heterocycles. The summed E-state index contributed by atoms with van der Waals surface area (Å²) in [6.45, 7) is 5.26. The van der Waals surface area contributed by atoms with Gasteiger partial charge in [-0.1, -0.05) is 41.9 Å². The fourth-order valence-corrected chi connectivity index (χ4v) is 4.80. The van der Waals surface area contributed by atoms with Crippen LogP contribution in [0.1, 0.15) is 43.2 Å². The molecule has 5 rings (SSSR count). The SMILES string of the molecule is C=C(c1ccc(C(F)(F)F)cc1)N1CCn2nc3c(c2C1=O)CN(C(=O)c1ccc(Cl)c(Cl)c1)CC3. The molecule has 0 saturated heterocycles. The lowest BCUT2D eigenvalue weighted by Gasteiger charge is -2.31. The van der Waals surface area contributed by atoms with Gasteiger partial charge in [-0.15, -0.1) is 0 Å². The van der Waals surface area contributed by atoms with Crippen LogP contribution in [0, 0.1) is 0 Å². The Kier molecular flexibility index (Phi) is 6.08. The molecule has 0 unspecified atom stereocenters. The largest absolute Gasteiger partial charge is 0.416 e. The summed E-state index contributed by atoms with van der Waals surface area (Å²) >= 11 is 12.0. The van der Waals surface area contributed by atoms with Crippen LogP contribution in [0.25, 0.3) is 5.70 Å². The van der Waals surface area contributed by atoms with E-state index in [-0.39, 0.29) is 29.9 Å². The van der Waals surface area contributed by atoms with Gasteiger partial charge in [-0.3, -0.25) is 14.3 Å². The van der Waals surface area contributed by atoms with Crippen molar-refractivity contribution in [1.29, 1.82) is 0 Å². The van der Waals surface area contributed by atoms with Crippen molar-refractivity contribution in [2.24, 2.45) is 0 Å². The van der Waals surface area contributed by atoms with Crippen LogP contribution >= 0.6 is 23.2 Å². The Bertz CT molecular complexity index is 1400. The Morgan fingerprint density at radius 2 is 1.67 bits per heavy atom. The topological polar surface area (TPSA) is 58.4 Å². The Hall–Kier alpha value is -3.30. The molecule has 0 radical (unpaired) electrons. The number of hydrogen-bond acceptors (Lipinski definition) is 3. The van der Waals surface area contributed by atoms with E-state index in [2.05, 4.69) is 11.7 Å². The predicted molar refractivity (Wildman–Crippen MR) is 129 cm³/mol. The van der Waals surface area contributed by atoms with E-state index in [0.29, 0.717) is 52.6 Å². The Labute approximate surface area is 214 Å². The van der Waals surface area contributed by atoms with E-state index in [9.17, 15) is 22.8 Å². The second-order valence-electron chi connectivity index (χ2n) is 8.58. The highest BCUT2D eigenvalue weighted by atomic mass is 35.5. The minimum absolute atomic E-state index is 0.191. The number of carbonyl (C=O) groups is 2. The van der Waals surface area contributed by atoms with Gasteiger partial charge in [-0.2, -0.15) is 18.3 Å². The first kappa shape index (κ1) is 24.4. The van der Waals surface area contributed by atoms with Crippen molar-refractivity contribution in [1.82, 2.24) is 19.6 Å². The van der Waals surface area contributed by atoms with Gasteiger partial charge in [0.1, 0.15) is 5.69 Å². The molecule has 2 amide bonds. The minimum atomic E-state index is -4.45. The molecule has 0 atom stereocenters. The zero-order valence-electron chi connectivity index (χ0n) is 18.8. The maximum Gasteiger partial charge on any atom is 0.416 e. The number of amides is 2. The number of fused-ring (bicyclic) bond motifs is 3. The molecule has 0 spiro atoms. The second-order valence-corrected chi connectivity index (χ2v) is 9.40. The quantitative estimate of drug-likeness (QED) is 0.443. The van der Waals surface area contributed by atoms with Gasteiger partial charge in [0.2, 0.25) is 0 Å². The average Bonchev–Trinajstić information content (AvgIpc) is 3.23. The van der Waals surface area contributed by atoms with Crippen molar-refractivity contribution in [2.45, 2.75) is 25.7 Å². The summed E-state index contributed by atoms with van der Waals surface area (Å²) in [5.41, 5.74) is 2.09. The van der Waals surface area contributed by atoms with Gasteiger partial charge in [0.05, 0.1) is 34.4 Å². The molecule has 6 nitrogen and oxygen atoms in total. The third-order valence-electron chi connectivity index (χ3n) is 6.41. The third-order valence-corrected chi connectivity index (χ3v) is 7.15. The first-order valence-corrected chi connectivity index (χ1v) is 11.8. The normalized spacial score (nSPS) is 15.5. The van der Waals surface area contributed by atoms with Gasteiger partial charge >= 0.3 is 6.18 Å². The number of aromatic nitrogens is 2. The molecule has 11 heteroatoms. The summed E-state index contributed by atoms with van der Waals surface area (Å²) in [5.74, 6) is -0.600. The lowest BCUT2D eigenvalue weighted by atomic mass is 10.0. The number of carbonyl (C=O) groups excluding carboxylic acids is 2. The molecule has 0 fully saturated rings. The van der Waals surface area contributed by atoms with Crippen LogP contribution in [-0.4, -0.2) is 44.5 Å². The number of nitrogens with zero attached hydrogens (tertiary/aromatic N) is 4. The number of halogens is 5. The molecular weight excluding hydrogens is 516 g/mol. The summed E-state index contributed by atoms with van der Waals surface area (Å²) in [4.78, 5) is 29.7. The van der Waals surface area contributed by atoms with Crippen molar-refractivity contribution in [3.63, 3.8) is 0 Å². The highest BCUT2D eigenvalue weighted by Gasteiger charge is 2.36. The van der Waals surface area contributed by atoms with E-state index in [1.165, 1.54) is 23.1 Å². The molecule has 186 valence electrons. The molecule has 36 heavy (non-hydrogen) atoms. The molecular formula is C25H19Cl2F3N4O2. The highest BCUT2D eigenvalue weighted by Crippen LogP contribution is 2.33. The van der Waals surface area contributed by atoms with Crippen molar-refractivity contribution < 1.29 is 22.8 Å². The standard InChI is InChI=1S/C25H19Cl2F3N4O2/c1-14(15-2-5-17(6-3-15)25(28,29)30)33-10-11-34-22(24(33)36)18-13-32(9-8-21(18)31-34)23(35)16-4-7-19(26)20(27)12-16/h2-7,12H,1,8-11,13H2. The zero-order chi connectivity index (χ0) is 25.8. The average molecular weight is 535 g/mol. The Morgan fingerprint density at radius 1 is 0.972 bits per heavy atom. The van der Waals surface area contributed by atoms with E-state index in [4.69, 9.17) is 23.2 Å². The van der Waals surface area contributed by atoms with E-state index in [0.717, 1.165) is 17.8 Å². The minimum Gasteiger partial charge on any atom is -0.334 e. The molecule has 2 aliphatic heterocycles. The van der Waals surface area contributed by atoms with Crippen LogP contribution in [0.2, 0.25) is 10.0 Å². The van der Waals surface area contributed by atoms with Gasteiger partial charge in [0, 0.05) is 36.3 Å². The molecule has 0 saturated carbocycles. The second kappa shape index (κ2) is 8.97. The van der Waals surface area contributed by atoms with Crippen LogP contribution in [0.3, 0.4) is 0 Å². The van der Waals surface area contributed by atoms with Crippen molar-refractivity contribution in [3.05, 3.63) is 92.7 Å². The predicted octanol–water partition coefficient (Wildman–Crippen LogP) is 5.53. The van der Waals surface area contributed by atoms with Gasteiger partial charge < -0.3 is 9.80 Å². The number of alkyl halides is 3. The number of rotatable bonds is 3. The van der Waals surface area contributed by atoms with E-state index >= 15 is 0 Å². The molecule has 2 aromatic carbocycles. The van der Waals surface area contributed by atoms with Gasteiger partial charge in [-0.25, -0.2) is 0 Å². The summed E-state index contributed by atoms with van der Waals surface area (Å²) < 4.78 is 40.4. The number of benzene rings is 2. The van der Waals surface area contributed by atoms with Crippen molar-refractivity contribution in [2.75, 3.05) is 13.1 Å². The van der Waals surface area contributed by atoms with Gasteiger partial charge in [0.15, 0.2) is 0 Å². The van der Waals surface area contributed by atoms with Crippen LogP contribution in [0.5, 0.6) is 0 Å². The summed E-state index contributed by atoms with van der Waals surface area (Å²) in [6.07, 6.45) is -3.97. The maximum absolute atomic E-state index is 13.5. The Balaban J connectivity index is 1.39. The monoisotopic (exact) mass is 534 g/mol. The van der Waals surface area contributed by atoms with Gasteiger partial charge in [-0.05, 0) is 35.9 Å². The molecule has 0 bridgehead atoms. The lowest BCUT2D eigenvalue weighted by Crippen LogP contribution is -2.40. The number of hydrogen-bond donors (Lipinski definition) is 0. The van der Waals surface area contributed by atoms with Crippen LogP contribution in [0.4, 0.5) is 13.2 Å². The first-order valence-electron chi connectivity index (χ1n) is 11.1. The van der Waals surface area contributed by atoms with E-state index < -0.39 is 11.7 Å². The lowest BCUT2D eigenvalue weighted by molar-refractivity contribution is -0.137. The summed E-state index contributed by atoms with van der Waals surface area (Å²) in [5, 5.41) is 5.20. The van der Waals surface area contributed by atoms with E-state index in [1.54, 1.807) is 21.7 Å². The van der Waals surface area contributed by atoms with E-state index in [1.807, 2.05) is 0 Å². The van der Waals surface area contributed by atoms with Crippen molar-refractivity contribution >= 4 is 40.7 Å². The molecule has 2 aliphatic rings. The zero-order valence-corrected chi connectivity index (χ0v) is 20.3. The summed E-state index contributed by atoms with van der Waals surface area (Å²) in [7, 11) is 0. The van der Waals surface area contributed by atoms with Crippen LogP contribution in [0.15, 0.2) is 49.0 Å². The molecule has 0 N–H and O–H groups in total. The third kappa shape index (κ3) is 4.26. The highest BCUT2D eigenvalue weighted by molar-refractivity contribution is 6.42. The van der Waals surface area contributed by atoms with Crippen LogP contribution < -0.4 is 0 Å². The molecule has 0 aliphatic carbocycles. The maximum atomic E-state index is 13.5. The van der Waals surface area contributed by atoms with Gasteiger partial charge in [0.25, 0.3) is 11.8 Å². The Morgan fingerprint density at radius 3 is 2.33 bits per heavy atom. The van der Waals surface area contributed by atoms with Crippen LogP contribution in [-0.2, 0) is 25.7 Å². The van der Waals surface area contributed by atoms with Crippen molar-refractivity contribution in [3.8, 4) is 0 Å². The molecule has 3 heterocycles.